The maximum absolute atomic E-state index is 11.8. The van der Waals surface area contributed by atoms with E-state index in [0.717, 1.165) is 16.8 Å². The second kappa shape index (κ2) is 4.96. The van der Waals surface area contributed by atoms with Gasteiger partial charge in [-0.3, -0.25) is 4.79 Å². The molecule has 1 amide bonds. The van der Waals surface area contributed by atoms with Crippen LogP contribution in [-0.4, -0.2) is 11.6 Å². The molecule has 1 aromatic rings. The highest BCUT2D eigenvalue weighted by molar-refractivity contribution is 6.18. The number of amides is 1. The van der Waals surface area contributed by atoms with Gasteiger partial charge in [0.2, 0.25) is 0 Å². The van der Waals surface area contributed by atoms with E-state index in [1.54, 1.807) is 6.08 Å². The molecule has 0 radical (unpaired) electrons. The van der Waals surface area contributed by atoms with Gasteiger partial charge < -0.3 is 0 Å². The number of benzene rings is 1. The van der Waals surface area contributed by atoms with Crippen molar-refractivity contribution in [3.8, 4) is 0 Å². The molecule has 1 heterocycles. The minimum Gasteiger partial charge on any atom is -0.267 e. The van der Waals surface area contributed by atoms with E-state index in [-0.39, 0.29) is 17.2 Å². The molecule has 0 N–H and O–H groups in total. The quantitative estimate of drug-likeness (QED) is 0.760. The molecule has 0 saturated carbocycles. The number of fused-ring (bicyclic) bond motifs is 1. The van der Waals surface area contributed by atoms with Gasteiger partial charge in [0.15, 0.2) is 0 Å². The molecule has 21 heavy (non-hydrogen) atoms. The minimum atomic E-state index is -0.170. The molecule has 2 aliphatic rings. The van der Waals surface area contributed by atoms with Gasteiger partial charge in [-0.1, -0.05) is 63.3 Å². The van der Waals surface area contributed by atoms with Gasteiger partial charge in [0.25, 0.3) is 5.91 Å². The number of hydrogen-bond acceptors (Lipinski definition) is 1. The molecule has 2 heteroatoms. The Labute approximate surface area is 125 Å². The smallest absolute Gasteiger partial charge is 0.267 e. The van der Waals surface area contributed by atoms with Gasteiger partial charge in [0.05, 0.1) is 5.71 Å². The summed E-state index contributed by atoms with van der Waals surface area (Å²) in [6, 6.07) is 8.51. The van der Waals surface area contributed by atoms with Crippen LogP contribution in [-0.2, 0) is 10.2 Å². The van der Waals surface area contributed by atoms with Crippen molar-refractivity contribution in [1.29, 1.82) is 0 Å². The second-order valence-corrected chi connectivity index (χ2v) is 6.52. The van der Waals surface area contributed by atoms with Crippen LogP contribution in [0.25, 0.3) is 5.57 Å². The average Bonchev–Trinajstić information content (AvgIpc) is 2.45. The molecular weight excluding hydrogens is 258 g/mol. The van der Waals surface area contributed by atoms with E-state index in [0.29, 0.717) is 0 Å². The number of hydrogen-bond donors (Lipinski definition) is 0. The zero-order valence-corrected chi connectivity index (χ0v) is 12.6. The predicted molar refractivity (Wildman–Crippen MR) is 87.3 cm³/mol. The Morgan fingerprint density at radius 1 is 1.05 bits per heavy atom. The van der Waals surface area contributed by atoms with Crippen LogP contribution in [0, 0.1) is 5.92 Å². The van der Waals surface area contributed by atoms with E-state index >= 15 is 0 Å². The van der Waals surface area contributed by atoms with E-state index in [4.69, 9.17) is 0 Å². The second-order valence-electron chi connectivity index (χ2n) is 6.52. The molecule has 2 nitrogen and oxygen atoms in total. The van der Waals surface area contributed by atoms with Gasteiger partial charge in [-0.2, -0.15) is 0 Å². The first-order valence-electron chi connectivity index (χ1n) is 7.25. The fourth-order valence-corrected chi connectivity index (χ4v) is 2.71. The third-order valence-corrected chi connectivity index (χ3v) is 3.94. The molecule has 0 bridgehead atoms. The van der Waals surface area contributed by atoms with E-state index in [2.05, 4.69) is 56.1 Å². The molecule has 1 aliphatic heterocycles. The Morgan fingerprint density at radius 2 is 1.76 bits per heavy atom. The van der Waals surface area contributed by atoms with E-state index in [9.17, 15) is 4.79 Å². The number of nitrogens with zero attached hydrogens (tertiary/aromatic N) is 1. The molecule has 106 valence electrons. The standard InChI is InChI=1S/C19H19NO/c1-19(2,3)14-10-8-13(9-11-14)16-12-18(21)20-17-7-5-4-6-15(16)17/h4-12,15H,1-3H3. The Kier molecular flexibility index (Phi) is 3.25. The van der Waals surface area contributed by atoms with Crippen molar-refractivity contribution in [3.63, 3.8) is 0 Å². The van der Waals surface area contributed by atoms with Crippen molar-refractivity contribution in [2.45, 2.75) is 26.2 Å². The first-order chi connectivity index (χ1) is 9.95. The lowest BCUT2D eigenvalue weighted by Gasteiger charge is -2.24. The number of allylic oxidation sites excluding steroid dienone is 5. The molecule has 1 aliphatic carbocycles. The highest BCUT2D eigenvalue weighted by Gasteiger charge is 2.25. The maximum Gasteiger partial charge on any atom is 0.270 e. The molecule has 1 aromatic carbocycles. The van der Waals surface area contributed by atoms with Crippen molar-refractivity contribution in [3.05, 3.63) is 65.8 Å². The van der Waals surface area contributed by atoms with Crippen LogP contribution in [0.2, 0.25) is 0 Å². The number of rotatable bonds is 1. The zero-order chi connectivity index (χ0) is 15.0. The lowest BCUT2D eigenvalue weighted by molar-refractivity contribution is -0.113. The summed E-state index contributed by atoms with van der Waals surface area (Å²) in [6.45, 7) is 6.60. The highest BCUT2D eigenvalue weighted by atomic mass is 16.1. The summed E-state index contributed by atoms with van der Waals surface area (Å²) in [5, 5.41) is 0. The Hall–Kier alpha value is -2.22. The zero-order valence-electron chi connectivity index (χ0n) is 12.6. The molecule has 1 unspecified atom stereocenters. The maximum atomic E-state index is 11.8. The normalized spacial score (nSPS) is 20.9. The van der Waals surface area contributed by atoms with Crippen molar-refractivity contribution >= 4 is 17.2 Å². The van der Waals surface area contributed by atoms with Gasteiger partial charge in [-0.05, 0) is 28.2 Å². The summed E-state index contributed by atoms with van der Waals surface area (Å²) in [5.41, 5.74) is 4.39. The predicted octanol–water partition coefficient (Wildman–Crippen LogP) is 4.09. The fraction of sp³-hybridized carbons (Fsp3) is 0.263. The van der Waals surface area contributed by atoms with E-state index in [1.165, 1.54) is 5.56 Å². The van der Waals surface area contributed by atoms with E-state index < -0.39 is 0 Å². The van der Waals surface area contributed by atoms with Gasteiger partial charge >= 0.3 is 0 Å². The van der Waals surface area contributed by atoms with Crippen LogP contribution in [0.3, 0.4) is 0 Å². The monoisotopic (exact) mass is 277 g/mol. The van der Waals surface area contributed by atoms with Crippen molar-refractivity contribution in [1.82, 2.24) is 0 Å². The Morgan fingerprint density at radius 3 is 2.43 bits per heavy atom. The van der Waals surface area contributed by atoms with Gasteiger partial charge in [0, 0.05) is 12.0 Å². The third-order valence-electron chi connectivity index (χ3n) is 3.94. The largest absolute Gasteiger partial charge is 0.270 e. The topological polar surface area (TPSA) is 29.4 Å². The summed E-state index contributed by atoms with van der Waals surface area (Å²) in [7, 11) is 0. The van der Waals surface area contributed by atoms with Gasteiger partial charge in [-0.25, -0.2) is 4.99 Å². The van der Waals surface area contributed by atoms with Crippen molar-refractivity contribution in [2.24, 2.45) is 10.9 Å². The summed E-state index contributed by atoms with van der Waals surface area (Å²) < 4.78 is 0. The van der Waals surface area contributed by atoms with Crippen LogP contribution in [0.5, 0.6) is 0 Å². The number of aliphatic imine (C=N–C) groups is 1. The minimum absolute atomic E-state index is 0.0909. The van der Waals surface area contributed by atoms with Crippen LogP contribution < -0.4 is 0 Å². The van der Waals surface area contributed by atoms with Gasteiger partial charge in [-0.15, -0.1) is 0 Å². The lowest BCUT2D eigenvalue weighted by atomic mass is 9.82. The SMILES string of the molecule is CC(C)(C)c1ccc(C2=CC(=O)N=C3C=CC=CC23)cc1. The molecule has 1 atom stereocenters. The van der Waals surface area contributed by atoms with Crippen molar-refractivity contribution < 1.29 is 4.79 Å². The summed E-state index contributed by atoms with van der Waals surface area (Å²) >= 11 is 0. The fourth-order valence-electron chi connectivity index (χ4n) is 2.71. The molecule has 0 aromatic heterocycles. The summed E-state index contributed by atoms with van der Waals surface area (Å²) in [4.78, 5) is 15.9. The number of carbonyl (C=O) groups is 1. The third kappa shape index (κ3) is 2.66. The van der Waals surface area contributed by atoms with Crippen LogP contribution in [0.4, 0.5) is 0 Å². The van der Waals surface area contributed by atoms with E-state index in [1.807, 2.05) is 18.2 Å². The average molecular weight is 277 g/mol. The Balaban J connectivity index is 1.98. The summed E-state index contributed by atoms with van der Waals surface area (Å²) in [5.74, 6) is -0.0794. The van der Waals surface area contributed by atoms with Crippen LogP contribution >= 0.6 is 0 Å². The summed E-state index contributed by atoms with van der Waals surface area (Å²) in [6.07, 6.45) is 9.60. The lowest BCUT2D eigenvalue weighted by Crippen LogP contribution is -2.20. The first kappa shape index (κ1) is 13.7. The molecule has 0 spiro atoms. The Bertz CT molecular complexity index is 694. The molecule has 0 fully saturated rings. The number of carbonyl (C=O) groups excluding carboxylic acids is 1. The molecule has 3 rings (SSSR count). The van der Waals surface area contributed by atoms with Gasteiger partial charge in [0.1, 0.15) is 0 Å². The van der Waals surface area contributed by atoms with Crippen molar-refractivity contribution in [2.75, 3.05) is 0 Å². The van der Waals surface area contributed by atoms with Crippen LogP contribution in [0.1, 0.15) is 31.9 Å². The molecule has 0 saturated heterocycles. The highest BCUT2D eigenvalue weighted by Crippen LogP contribution is 2.32. The first-order valence-corrected chi connectivity index (χ1v) is 7.25. The molecular formula is C19H19NO. The van der Waals surface area contributed by atoms with Crippen LogP contribution in [0.15, 0.2) is 59.6 Å². The number of dihydropyridines is 1.